The Morgan fingerprint density at radius 1 is 1.33 bits per heavy atom. The van der Waals surface area contributed by atoms with Crippen molar-refractivity contribution in [2.75, 3.05) is 14.2 Å². The van der Waals surface area contributed by atoms with Crippen molar-refractivity contribution in [2.45, 2.75) is 17.9 Å². The van der Waals surface area contributed by atoms with Gasteiger partial charge in [-0.3, -0.25) is 9.59 Å². The molecular weight excluding hydrogens is 300 g/mol. The average Bonchev–Trinajstić information content (AvgIpc) is 2.46. The van der Waals surface area contributed by atoms with Crippen molar-refractivity contribution >= 4 is 21.9 Å². The number of carbonyl (C=O) groups is 2. The smallest absolute Gasteiger partial charge is 0.325 e. The first kappa shape index (κ1) is 16.9. The van der Waals surface area contributed by atoms with Gasteiger partial charge in [-0.05, 0) is 32.2 Å². The summed E-state index contributed by atoms with van der Waals surface area (Å²) in [6.07, 6.45) is 0. The number of hydrogen-bond acceptors (Lipinski definition) is 5. The van der Waals surface area contributed by atoms with Crippen LogP contribution in [0.5, 0.6) is 5.75 Å². The van der Waals surface area contributed by atoms with E-state index in [9.17, 15) is 18.0 Å². The Morgan fingerprint density at radius 3 is 2.43 bits per heavy atom. The maximum absolute atomic E-state index is 11.9. The molecule has 116 valence electrons. The van der Waals surface area contributed by atoms with Gasteiger partial charge in [0.15, 0.2) is 0 Å². The zero-order chi connectivity index (χ0) is 16.2. The van der Waals surface area contributed by atoms with Crippen molar-refractivity contribution in [1.82, 2.24) is 10.0 Å². The van der Waals surface area contributed by atoms with Crippen LogP contribution >= 0.6 is 0 Å². The van der Waals surface area contributed by atoms with Crippen LogP contribution in [-0.2, 0) is 14.8 Å². The zero-order valence-corrected chi connectivity index (χ0v) is 12.5. The Labute approximate surface area is 122 Å². The quantitative estimate of drug-likeness (QED) is 0.668. The molecule has 1 amide bonds. The van der Waals surface area contributed by atoms with Crippen molar-refractivity contribution in [3.8, 4) is 5.75 Å². The van der Waals surface area contributed by atoms with Gasteiger partial charge in [-0.25, -0.2) is 13.1 Å². The first-order chi connectivity index (χ1) is 9.72. The van der Waals surface area contributed by atoms with Gasteiger partial charge in [0.25, 0.3) is 5.91 Å². The zero-order valence-electron chi connectivity index (χ0n) is 11.7. The van der Waals surface area contributed by atoms with E-state index in [2.05, 4.69) is 10.0 Å². The lowest BCUT2D eigenvalue weighted by Gasteiger charge is -2.12. The average molecular weight is 316 g/mol. The summed E-state index contributed by atoms with van der Waals surface area (Å²) in [6.45, 7) is 1.30. The Balaban J connectivity index is 3.20. The summed E-state index contributed by atoms with van der Waals surface area (Å²) in [6, 6.07) is 2.69. The molecule has 1 rings (SSSR count). The Kier molecular flexibility index (Phi) is 5.28. The van der Waals surface area contributed by atoms with E-state index in [1.807, 2.05) is 0 Å². The van der Waals surface area contributed by atoms with E-state index < -0.39 is 27.9 Å². The molecule has 0 aliphatic rings. The van der Waals surface area contributed by atoms with Crippen LogP contribution in [0.25, 0.3) is 0 Å². The number of sulfonamides is 1. The molecular formula is C12H16N2O6S. The second-order valence-electron chi connectivity index (χ2n) is 4.11. The van der Waals surface area contributed by atoms with Crippen LogP contribution in [0.4, 0.5) is 0 Å². The highest BCUT2D eigenvalue weighted by molar-refractivity contribution is 7.89. The lowest BCUT2D eigenvalue weighted by atomic mass is 10.2. The lowest BCUT2D eigenvalue weighted by Crippen LogP contribution is -2.38. The number of rotatable bonds is 6. The maximum Gasteiger partial charge on any atom is 0.325 e. The first-order valence-electron chi connectivity index (χ1n) is 5.88. The predicted octanol–water partition coefficient (Wildman–Crippen LogP) is -0.194. The molecule has 0 aliphatic carbocycles. The van der Waals surface area contributed by atoms with E-state index in [1.165, 1.54) is 33.2 Å². The van der Waals surface area contributed by atoms with Gasteiger partial charge in [-0.2, -0.15) is 0 Å². The molecule has 1 unspecified atom stereocenters. The van der Waals surface area contributed by atoms with Crippen LogP contribution in [0, 0.1) is 0 Å². The molecule has 0 bridgehead atoms. The molecule has 0 saturated heterocycles. The topological polar surface area (TPSA) is 122 Å². The number of benzene rings is 1. The summed E-state index contributed by atoms with van der Waals surface area (Å²) in [5, 5.41) is 11.0. The summed E-state index contributed by atoms with van der Waals surface area (Å²) in [5.74, 6) is -1.81. The van der Waals surface area contributed by atoms with Crippen LogP contribution < -0.4 is 14.8 Å². The van der Waals surface area contributed by atoms with E-state index in [0.717, 1.165) is 6.07 Å². The van der Waals surface area contributed by atoms with E-state index in [1.54, 1.807) is 0 Å². The highest BCUT2D eigenvalue weighted by Crippen LogP contribution is 2.24. The van der Waals surface area contributed by atoms with Crippen molar-refractivity contribution in [2.24, 2.45) is 0 Å². The molecule has 3 N–H and O–H groups in total. The fourth-order valence-electron chi connectivity index (χ4n) is 1.48. The minimum absolute atomic E-state index is 0.0118. The van der Waals surface area contributed by atoms with Crippen LogP contribution in [0.1, 0.15) is 17.3 Å². The molecule has 0 heterocycles. The highest BCUT2D eigenvalue weighted by Gasteiger charge is 2.21. The van der Waals surface area contributed by atoms with Gasteiger partial charge in [-0.1, -0.05) is 0 Å². The van der Waals surface area contributed by atoms with Crippen LogP contribution in [-0.4, -0.2) is 45.6 Å². The van der Waals surface area contributed by atoms with Gasteiger partial charge >= 0.3 is 5.97 Å². The standard InChI is InChI=1S/C12H16N2O6S/c1-7(12(16)17)14-11(15)8-4-5-9(20-3)10(6-8)21(18,19)13-2/h4-7,13H,1-3H3,(H,14,15)(H,16,17). The molecule has 0 fully saturated rings. The maximum atomic E-state index is 11.9. The molecule has 1 aromatic carbocycles. The molecule has 0 aliphatic heterocycles. The Morgan fingerprint density at radius 2 is 1.95 bits per heavy atom. The minimum Gasteiger partial charge on any atom is -0.495 e. The Bertz CT molecular complexity index is 656. The molecule has 21 heavy (non-hydrogen) atoms. The van der Waals surface area contributed by atoms with E-state index >= 15 is 0 Å². The van der Waals surface area contributed by atoms with Gasteiger partial charge in [-0.15, -0.1) is 0 Å². The second-order valence-corrected chi connectivity index (χ2v) is 5.96. The summed E-state index contributed by atoms with van der Waals surface area (Å²) < 4.78 is 30.8. The number of aliphatic carboxylic acids is 1. The van der Waals surface area contributed by atoms with Crippen LogP contribution in [0.3, 0.4) is 0 Å². The second kappa shape index (κ2) is 6.55. The number of ether oxygens (including phenoxy) is 1. The molecule has 0 saturated carbocycles. The number of amides is 1. The lowest BCUT2D eigenvalue weighted by molar-refractivity contribution is -0.138. The van der Waals surface area contributed by atoms with Crippen LogP contribution in [0.15, 0.2) is 23.1 Å². The molecule has 0 aromatic heterocycles. The van der Waals surface area contributed by atoms with E-state index in [0.29, 0.717) is 0 Å². The fourth-order valence-corrected chi connectivity index (χ4v) is 2.40. The first-order valence-corrected chi connectivity index (χ1v) is 7.36. The molecule has 9 heteroatoms. The monoisotopic (exact) mass is 316 g/mol. The number of nitrogens with one attached hydrogen (secondary N) is 2. The van der Waals surface area contributed by atoms with Crippen molar-refractivity contribution in [3.05, 3.63) is 23.8 Å². The third kappa shape index (κ3) is 3.92. The van der Waals surface area contributed by atoms with E-state index in [-0.39, 0.29) is 16.2 Å². The third-order valence-electron chi connectivity index (χ3n) is 2.70. The molecule has 1 atom stereocenters. The van der Waals surface area contributed by atoms with Gasteiger partial charge in [0.05, 0.1) is 7.11 Å². The normalized spacial score (nSPS) is 12.5. The van der Waals surface area contributed by atoms with Crippen LogP contribution in [0.2, 0.25) is 0 Å². The van der Waals surface area contributed by atoms with Gasteiger partial charge in [0.1, 0.15) is 16.7 Å². The molecule has 1 aromatic rings. The third-order valence-corrected chi connectivity index (χ3v) is 4.14. The van der Waals surface area contributed by atoms with Crippen molar-refractivity contribution < 1.29 is 27.9 Å². The minimum atomic E-state index is -3.81. The fraction of sp³-hybridized carbons (Fsp3) is 0.333. The summed E-state index contributed by atoms with van der Waals surface area (Å²) in [4.78, 5) is 22.4. The predicted molar refractivity (Wildman–Crippen MR) is 73.8 cm³/mol. The number of hydrogen-bond donors (Lipinski definition) is 3. The van der Waals surface area contributed by atoms with E-state index in [4.69, 9.17) is 9.84 Å². The number of methoxy groups -OCH3 is 1. The van der Waals surface area contributed by atoms with Gasteiger partial charge < -0.3 is 15.2 Å². The molecule has 0 radical (unpaired) electrons. The Hall–Kier alpha value is -2.13. The summed E-state index contributed by atoms with van der Waals surface area (Å²) in [5.41, 5.74) is 0.0118. The van der Waals surface area contributed by atoms with Crippen molar-refractivity contribution in [1.29, 1.82) is 0 Å². The highest BCUT2D eigenvalue weighted by atomic mass is 32.2. The summed E-state index contributed by atoms with van der Waals surface area (Å²) in [7, 11) is -1.28. The number of carboxylic acids is 1. The molecule has 8 nitrogen and oxygen atoms in total. The van der Waals surface area contributed by atoms with Crippen molar-refractivity contribution in [3.63, 3.8) is 0 Å². The van der Waals surface area contributed by atoms with Gasteiger partial charge in [0.2, 0.25) is 10.0 Å². The number of carbonyl (C=O) groups excluding carboxylic acids is 1. The molecule has 0 spiro atoms. The number of carboxylic acid groups (broad SMARTS) is 1. The largest absolute Gasteiger partial charge is 0.495 e. The van der Waals surface area contributed by atoms with Gasteiger partial charge in [0, 0.05) is 5.56 Å². The summed E-state index contributed by atoms with van der Waals surface area (Å²) >= 11 is 0. The SMILES string of the molecule is CNS(=O)(=O)c1cc(C(=O)NC(C)C(=O)O)ccc1OC.